The summed E-state index contributed by atoms with van der Waals surface area (Å²) in [6.07, 6.45) is 4.70. The topological polar surface area (TPSA) is 49.4 Å². The largest absolute Gasteiger partial charge is 0.352 e. The number of hydrogen-bond donors (Lipinski definition) is 1. The molecule has 2 amide bonds. The third kappa shape index (κ3) is 4.87. The monoisotopic (exact) mass is 370 g/mol. The van der Waals surface area contributed by atoms with E-state index in [9.17, 15) is 9.59 Å². The molecule has 6 heteroatoms. The molecule has 0 aromatic heterocycles. The minimum Gasteiger partial charge on any atom is -0.352 e. The first kappa shape index (κ1) is 19.1. The standard InChI is InChI=1S/C18H24Cl2N2O2/c1-3-17(23)22(11-13-8-9-15(19)16(20)10-13)12(2)18(24)21-14-6-4-5-7-14/h8-10,12,14H,3-7,11H2,1-2H3,(H,21,24)/t12-/m1/s1. The van der Waals surface area contributed by atoms with Crippen molar-refractivity contribution in [2.75, 3.05) is 0 Å². The molecule has 4 nitrogen and oxygen atoms in total. The van der Waals surface area contributed by atoms with E-state index in [0.29, 0.717) is 23.0 Å². The predicted octanol–water partition coefficient (Wildman–Crippen LogP) is 4.18. The Morgan fingerprint density at radius 1 is 1.25 bits per heavy atom. The molecule has 132 valence electrons. The molecule has 0 bridgehead atoms. The zero-order chi connectivity index (χ0) is 17.7. The first-order valence-corrected chi connectivity index (χ1v) is 9.21. The smallest absolute Gasteiger partial charge is 0.242 e. The second-order valence-corrected chi connectivity index (χ2v) is 7.10. The molecule has 0 unspecified atom stereocenters. The van der Waals surface area contributed by atoms with Gasteiger partial charge in [-0.1, -0.05) is 49.0 Å². The summed E-state index contributed by atoms with van der Waals surface area (Å²) < 4.78 is 0. The Morgan fingerprint density at radius 3 is 2.50 bits per heavy atom. The Balaban J connectivity index is 2.09. The fourth-order valence-electron chi connectivity index (χ4n) is 3.01. The van der Waals surface area contributed by atoms with Gasteiger partial charge in [0.2, 0.25) is 11.8 Å². The second kappa shape index (κ2) is 8.72. The predicted molar refractivity (Wildman–Crippen MR) is 97.2 cm³/mol. The number of amides is 2. The van der Waals surface area contributed by atoms with E-state index in [2.05, 4.69) is 5.32 Å². The van der Waals surface area contributed by atoms with E-state index < -0.39 is 6.04 Å². The summed E-state index contributed by atoms with van der Waals surface area (Å²) in [5.41, 5.74) is 0.853. The first-order chi connectivity index (χ1) is 11.4. The highest BCUT2D eigenvalue weighted by Crippen LogP contribution is 2.24. The van der Waals surface area contributed by atoms with Crippen LogP contribution in [-0.4, -0.2) is 28.8 Å². The molecule has 1 fully saturated rings. The summed E-state index contributed by atoms with van der Waals surface area (Å²) in [7, 11) is 0. The number of carbonyl (C=O) groups excluding carboxylic acids is 2. The van der Waals surface area contributed by atoms with Crippen LogP contribution in [0.4, 0.5) is 0 Å². The number of hydrogen-bond acceptors (Lipinski definition) is 2. The Morgan fingerprint density at radius 2 is 1.92 bits per heavy atom. The molecule has 0 spiro atoms. The van der Waals surface area contributed by atoms with Crippen molar-refractivity contribution >= 4 is 35.0 Å². The van der Waals surface area contributed by atoms with Gasteiger partial charge >= 0.3 is 0 Å². The third-order valence-corrected chi connectivity index (χ3v) is 5.25. The fraction of sp³-hybridized carbons (Fsp3) is 0.556. The van der Waals surface area contributed by atoms with Crippen molar-refractivity contribution in [3.8, 4) is 0 Å². The number of halogens is 2. The van der Waals surface area contributed by atoms with E-state index in [1.807, 2.05) is 6.07 Å². The van der Waals surface area contributed by atoms with Crippen molar-refractivity contribution in [1.82, 2.24) is 10.2 Å². The summed E-state index contributed by atoms with van der Waals surface area (Å²) >= 11 is 12.0. The fourth-order valence-corrected chi connectivity index (χ4v) is 3.33. The minimum absolute atomic E-state index is 0.0601. The molecule has 1 atom stereocenters. The van der Waals surface area contributed by atoms with Crippen LogP contribution in [-0.2, 0) is 16.1 Å². The second-order valence-electron chi connectivity index (χ2n) is 6.29. The molecule has 0 saturated heterocycles. The normalized spacial score (nSPS) is 16.0. The number of benzene rings is 1. The van der Waals surface area contributed by atoms with Gasteiger partial charge in [0.25, 0.3) is 0 Å². The van der Waals surface area contributed by atoms with Crippen LogP contribution in [0.25, 0.3) is 0 Å². The molecular formula is C18H24Cl2N2O2. The first-order valence-electron chi connectivity index (χ1n) is 8.46. The molecule has 1 N–H and O–H groups in total. The van der Waals surface area contributed by atoms with Gasteiger partial charge in [0.05, 0.1) is 10.0 Å². The quantitative estimate of drug-likeness (QED) is 0.816. The van der Waals surface area contributed by atoms with Gasteiger partial charge in [-0.25, -0.2) is 0 Å². The average molecular weight is 371 g/mol. The molecule has 1 aromatic rings. The summed E-state index contributed by atoms with van der Waals surface area (Å²) in [4.78, 5) is 26.5. The van der Waals surface area contributed by atoms with Gasteiger partial charge in [0.15, 0.2) is 0 Å². The maximum absolute atomic E-state index is 12.5. The lowest BCUT2D eigenvalue weighted by Crippen LogP contribution is -2.49. The maximum Gasteiger partial charge on any atom is 0.242 e. The Hall–Kier alpha value is -1.26. The molecule has 0 radical (unpaired) electrons. The molecule has 0 aliphatic heterocycles. The molecule has 24 heavy (non-hydrogen) atoms. The zero-order valence-electron chi connectivity index (χ0n) is 14.1. The lowest BCUT2D eigenvalue weighted by atomic mass is 10.1. The van der Waals surface area contributed by atoms with Crippen molar-refractivity contribution in [1.29, 1.82) is 0 Å². The lowest BCUT2D eigenvalue weighted by Gasteiger charge is -2.29. The Labute approximate surface area is 153 Å². The molecule has 1 aromatic carbocycles. The number of nitrogens with one attached hydrogen (secondary N) is 1. The van der Waals surface area contributed by atoms with Gasteiger partial charge < -0.3 is 10.2 Å². The maximum atomic E-state index is 12.5. The van der Waals surface area contributed by atoms with E-state index in [-0.39, 0.29) is 17.9 Å². The van der Waals surface area contributed by atoms with Crippen LogP contribution in [0.1, 0.15) is 51.5 Å². The van der Waals surface area contributed by atoms with Crippen molar-refractivity contribution in [2.24, 2.45) is 0 Å². The van der Waals surface area contributed by atoms with E-state index in [4.69, 9.17) is 23.2 Å². The highest BCUT2D eigenvalue weighted by atomic mass is 35.5. The van der Waals surface area contributed by atoms with Crippen LogP contribution in [0.15, 0.2) is 18.2 Å². The van der Waals surface area contributed by atoms with Gasteiger partial charge in [-0.3, -0.25) is 9.59 Å². The number of carbonyl (C=O) groups is 2. The SMILES string of the molecule is CCC(=O)N(Cc1ccc(Cl)c(Cl)c1)[C@H](C)C(=O)NC1CCCC1. The van der Waals surface area contributed by atoms with Crippen LogP contribution >= 0.6 is 23.2 Å². The van der Waals surface area contributed by atoms with Gasteiger partial charge in [0, 0.05) is 19.0 Å². The zero-order valence-corrected chi connectivity index (χ0v) is 15.7. The molecule has 2 rings (SSSR count). The van der Waals surface area contributed by atoms with Gasteiger partial charge in [-0.15, -0.1) is 0 Å². The highest BCUT2D eigenvalue weighted by molar-refractivity contribution is 6.42. The van der Waals surface area contributed by atoms with Crippen LogP contribution in [0, 0.1) is 0 Å². The molecule has 1 saturated carbocycles. The van der Waals surface area contributed by atoms with Gasteiger partial charge in [-0.2, -0.15) is 0 Å². The molecular weight excluding hydrogens is 347 g/mol. The summed E-state index contributed by atoms with van der Waals surface area (Å²) in [5.74, 6) is -0.154. The molecule has 1 aliphatic carbocycles. The summed E-state index contributed by atoms with van der Waals surface area (Å²) in [5, 5.41) is 3.98. The van der Waals surface area contributed by atoms with E-state index in [0.717, 1.165) is 31.2 Å². The van der Waals surface area contributed by atoms with Gasteiger partial charge in [0.1, 0.15) is 6.04 Å². The van der Waals surface area contributed by atoms with Crippen molar-refractivity contribution in [3.63, 3.8) is 0 Å². The van der Waals surface area contributed by atoms with Crippen LogP contribution in [0.2, 0.25) is 10.0 Å². The third-order valence-electron chi connectivity index (χ3n) is 4.51. The average Bonchev–Trinajstić information content (AvgIpc) is 3.07. The Bertz CT molecular complexity index is 601. The van der Waals surface area contributed by atoms with Crippen LogP contribution < -0.4 is 5.32 Å². The molecule has 0 heterocycles. The summed E-state index contributed by atoms with van der Waals surface area (Å²) in [6, 6.07) is 4.99. The van der Waals surface area contributed by atoms with Crippen LogP contribution in [0.3, 0.4) is 0 Å². The van der Waals surface area contributed by atoms with Crippen molar-refractivity contribution in [2.45, 2.75) is 64.6 Å². The van der Waals surface area contributed by atoms with E-state index in [1.165, 1.54) is 0 Å². The minimum atomic E-state index is -0.521. The number of nitrogens with zero attached hydrogens (tertiary/aromatic N) is 1. The van der Waals surface area contributed by atoms with Gasteiger partial charge in [-0.05, 0) is 37.5 Å². The van der Waals surface area contributed by atoms with E-state index in [1.54, 1.807) is 30.9 Å². The van der Waals surface area contributed by atoms with Crippen molar-refractivity contribution in [3.05, 3.63) is 33.8 Å². The lowest BCUT2D eigenvalue weighted by molar-refractivity contribution is -0.140. The Kier molecular flexibility index (Phi) is 6.93. The highest BCUT2D eigenvalue weighted by Gasteiger charge is 2.27. The van der Waals surface area contributed by atoms with Crippen LogP contribution in [0.5, 0.6) is 0 Å². The summed E-state index contributed by atoms with van der Waals surface area (Å²) in [6.45, 7) is 3.91. The van der Waals surface area contributed by atoms with E-state index >= 15 is 0 Å². The molecule has 1 aliphatic rings. The van der Waals surface area contributed by atoms with Crippen molar-refractivity contribution < 1.29 is 9.59 Å². The number of rotatable bonds is 6.